The van der Waals surface area contributed by atoms with Gasteiger partial charge in [-0.15, -0.1) is 0 Å². The molecule has 0 amide bonds. The van der Waals surface area contributed by atoms with Crippen LogP contribution in [0, 0.1) is 11.6 Å². The van der Waals surface area contributed by atoms with E-state index in [0.717, 1.165) is 43.6 Å². The molecule has 23 heavy (non-hydrogen) atoms. The van der Waals surface area contributed by atoms with E-state index in [-0.39, 0.29) is 6.04 Å². The highest BCUT2D eigenvalue weighted by atomic mass is 19.1. The minimum Gasteiger partial charge on any atom is -0.497 e. The molecule has 2 aromatic rings. The summed E-state index contributed by atoms with van der Waals surface area (Å²) in [5.41, 5.74) is 1.43. The molecule has 0 radical (unpaired) electrons. The average molecular weight is 318 g/mol. The topological polar surface area (TPSA) is 24.5 Å². The van der Waals surface area contributed by atoms with E-state index in [9.17, 15) is 8.78 Å². The van der Waals surface area contributed by atoms with Gasteiger partial charge in [0.05, 0.1) is 13.2 Å². The van der Waals surface area contributed by atoms with E-state index in [1.165, 1.54) is 12.1 Å². The predicted molar refractivity (Wildman–Crippen MR) is 85.6 cm³/mol. The normalized spacial score (nSPS) is 17.0. The Bertz CT molecular complexity index is 672. The lowest BCUT2D eigenvalue weighted by molar-refractivity contribution is 0.195. The number of rotatable bonds is 4. The molecule has 0 spiro atoms. The molecule has 1 aliphatic rings. The van der Waals surface area contributed by atoms with Gasteiger partial charge in [-0.05, 0) is 23.8 Å². The van der Waals surface area contributed by atoms with Crippen LogP contribution < -0.4 is 10.1 Å². The van der Waals surface area contributed by atoms with Gasteiger partial charge in [0, 0.05) is 37.8 Å². The maximum atomic E-state index is 14.4. The summed E-state index contributed by atoms with van der Waals surface area (Å²) in [6.45, 7) is 3.31. The van der Waals surface area contributed by atoms with E-state index in [0.29, 0.717) is 5.56 Å². The van der Waals surface area contributed by atoms with Crippen LogP contribution in [-0.4, -0.2) is 38.2 Å². The van der Waals surface area contributed by atoms with E-state index >= 15 is 0 Å². The minimum absolute atomic E-state index is 0.257. The van der Waals surface area contributed by atoms with Gasteiger partial charge in [-0.3, -0.25) is 4.90 Å². The molecular weight excluding hydrogens is 298 g/mol. The van der Waals surface area contributed by atoms with Gasteiger partial charge in [0.15, 0.2) is 0 Å². The van der Waals surface area contributed by atoms with Crippen LogP contribution in [0.15, 0.2) is 42.5 Å². The average Bonchev–Trinajstić information content (AvgIpc) is 2.58. The van der Waals surface area contributed by atoms with Crippen LogP contribution in [0.1, 0.15) is 17.2 Å². The molecule has 1 atom stereocenters. The number of hydrogen-bond acceptors (Lipinski definition) is 3. The van der Waals surface area contributed by atoms with E-state index in [2.05, 4.69) is 10.2 Å². The minimum atomic E-state index is -0.559. The molecule has 1 N–H and O–H groups in total. The summed E-state index contributed by atoms with van der Waals surface area (Å²) in [7, 11) is 1.61. The van der Waals surface area contributed by atoms with Crippen molar-refractivity contribution in [2.24, 2.45) is 0 Å². The highest BCUT2D eigenvalue weighted by Crippen LogP contribution is 2.32. The first-order valence-corrected chi connectivity index (χ1v) is 7.72. The Kier molecular flexibility index (Phi) is 4.88. The standard InChI is InChI=1S/C18H20F2N2O/c1-23-15-4-2-3-13(11-15)18(22-9-7-21-8-10-22)16-6-5-14(19)12-17(16)20/h2-6,11-12,18,21H,7-10H2,1H3. The van der Waals surface area contributed by atoms with Crippen LogP contribution >= 0.6 is 0 Å². The number of piperazine rings is 1. The lowest BCUT2D eigenvalue weighted by atomic mass is 9.95. The Labute approximate surface area is 134 Å². The fraction of sp³-hybridized carbons (Fsp3) is 0.333. The van der Waals surface area contributed by atoms with Crippen LogP contribution in [0.4, 0.5) is 8.78 Å². The van der Waals surface area contributed by atoms with Gasteiger partial charge >= 0.3 is 0 Å². The molecule has 3 nitrogen and oxygen atoms in total. The smallest absolute Gasteiger partial charge is 0.131 e. The molecule has 122 valence electrons. The Balaban J connectivity index is 2.05. The number of benzene rings is 2. The SMILES string of the molecule is COc1cccc(C(c2ccc(F)cc2F)N2CCNCC2)c1. The zero-order chi connectivity index (χ0) is 16.2. The quantitative estimate of drug-likeness (QED) is 0.938. The Morgan fingerprint density at radius 1 is 1.09 bits per heavy atom. The summed E-state index contributed by atoms with van der Waals surface area (Å²) in [6, 6.07) is 11.2. The van der Waals surface area contributed by atoms with Crippen molar-refractivity contribution < 1.29 is 13.5 Å². The molecule has 0 aliphatic carbocycles. The fourth-order valence-corrected chi connectivity index (χ4v) is 3.06. The third-order valence-electron chi connectivity index (χ3n) is 4.18. The van der Waals surface area contributed by atoms with Crippen molar-refractivity contribution in [1.29, 1.82) is 0 Å². The number of nitrogens with one attached hydrogen (secondary N) is 1. The predicted octanol–water partition coefficient (Wildman–Crippen LogP) is 2.97. The van der Waals surface area contributed by atoms with Gasteiger partial charge in [-0.2, -0.15) is 0 Å². The van der Waals surface area contributed by atoms with Crippen LogP contribution in [0.3, 0.4) is 0 Å². The molecule has 0 aromatic heterocycles. The zero-order valence-corrected chi connectivity index (χ0v) is 13.1. The van der Waals surface area contributed by atoms with E-state index in [1.807, 2.05) is 24.3 Å². The molecule has 1 unspecified atom stereocenters. The number of ether oxygens (including phenoxy) is 1. The molecule has 1 heterocycles. The number of hydrogen-bond donors (Lipinski definition) is 1. The van der Waals surface area contributed by atoms with Crippen molar-refractivity contribution in [3.63, 3.8) is 0 Å². The second-order valence-electron chi connectivity index (χ2n) is 5.63. The van der Waals surface area contributed by atoms with E-state index < -0.39 is 11.6 Å². The highest BCUT2D eigenvalue weighted by Gasteiger charge is 2.26. The molecule has 2 aromatic carbocycles. The van der Waals surface area contributed by atoms with Gasteiger partial charge in [-0.1, -0.05) is 18.2 Å². The van der Waals surface area contributed by atoms with E-state index in [4.69, 9.17) is 4.74 Å². The molecule has 0 bridgehead atoms. The first-order valence-electron chi connectivity index (χ1n) is 7.72. The van der Waals surface area contributed by atoms with Crippen LogP contribution in [0.2, 0.25) is 0 Å². The molecule has 3 rings (SSSR count). The van der Waals surface area contributed by atoms with Crippen molar-refractivity contribution in [2.45, 2.75) is 6.04 Å². The lowest BCUT2D eigenvalue weighted by Gasteiger charge is -2.35. The first-order chi connectivity index (χ1) is 11.2. The van der Waals surface area contributed by atoms with Gasteiger partial charge < -0.3 is 10.1 Å². The van der Waals surface area contributed by atoms with Crippen molar-refractivity contribution in [1.82, 2.24) is 10.2 Å². The number of nitrogens with zero attached hydrogens (tertiary/aromatic N) is 1. The Morgan fingerprint density at radius 3 is 2.57 bits per heavy atom. The van der Waals surface area contributed by atoms with Gasteiger partial charge in [0.25, 0.3) is 0 Å². The van der Waals surface area contributed by atoms with Crippen LogP contribution in [0.25, 0.3) is 0 Å². The summed E-state index contributed by atoms with van der Waals surface area (Å²) in [4.78, 5) is 2.21. The Hall–Kier alpha value is -1.98. The van der Waals surface area contributed by atoms with E-state index in [1.54, 1.807) is 7.11 Å². The molecular formula is C18H20F2N2O. The van der Waals surface area contributed by atoms with Crippen LogP contribution in [-0.2, 0) is 0 Å². The maximum Gasteiger partial charge on any atom is 0.131 e. The molecule has 1 saturated heterocycles. The second-order valence-corrected chi connectivity index (χ2v) is 5.63. The largest absolute Gasteiger partial charge is 0.497 e. The fourth-order valence-electron chi connectivity index (χ4n) is 3.06. The van der Waals surface area contributed by atoms with Crippen LogP contribution in [0.5, 0.6) is 5.75 Å². The molecule has 0 saturated carbocycles. The third-order valence-corrected chi connectivity index (χ3v) is 4.18. The number of halogens is 2. The van der Waals surface area contributed by atoms with Gasteiger partial charge in [-0.25, -0.2) is 8.78 Å². The van der Waals surface area contributed by atoms with Crippen molar-refractivity contribution in [2.75, 3.05) is 33.3 Å². The summed E-state index contributed by atoms with van der Waals surface area (Å²) in [5.74, 6) is -0.350. The second kappa shape index (κ2) is 7.06. The maximum absolute atomic E-state index is 14.4. The summed E-state index contributed by atoms with van der Waals surface area (Å²) in [6.07, 6.45) is 0. The van der Waals surface area contributed by atoms with Crippen molar-refractivity contribution in [3.05, 3.63) is 65.2 Å². The monoisotopic (exact) mass is 318 g/mol. The van der Waals surface area contributed by atoms with Crippen molar-refractivity contribution >= 4 is 0 Å². The van der Waals surface area contributed by atoms with Gasteiger partial charge in [0.1, 0.15) is 17.4 Å². The summed E-state index contributed by atoms with van der Waals surface area (Å²) >= 11 is 0. The molecule has 5 heteroatoms. The van der Waals surface area contributed by atoms with Crippen molar-refractivity contribution in [3.8, 4) is 5.75 Å². The highest BCUT2D eigenvalue weighted by molar-refractivity contribution is 5.37. The molecule has 1 aliphatic heterocycles. The zero-order valence-electron chi connectivity index (χ0n) is 13.1. The summed E-state index contributed by atoms with van der Waals surface area (Å²) in [5, 5.41) is 3.30. The third kappa shape index (κ3) is 3.51. The lowest BCUT2D eigenvalue weighted by Crippen LogP contribution is -2.45. The number of methoxy groups -OCH3 is 1. The summed E-state index contributed by atoms with van der Waals surface area (Å²) < 4.78 is 33.0. The van der Waals surface area contributed by atoms with Gasteiger partial charge in [0.2, 0.25) is 0 Å². The molecule has 1 fully saturated rings. The first kappa shape index (κ1) is 15.9. The Morgan fingerprint density at radius 2 is 1.87 bits per heavy atom.